The highest BCUT2D eigenvalue weighted by atomic mass is 16.3. The summed E-state index contributed by atoms with van der Waals surface area (Å²) in [6.45, 7) is 3.18. The molecule has 1 aromatic heterocycles. The molecule has 2 unspecified atom stereocenters. The van der Waals surface area contributed by atoms with E-state index in [4.69, 9.17) is 5.73 Å². The summed E-state index contributed by atoms with van der Waals surface area (Å²) in [5.41, 5.74) is 5.72. The van der Waals surface area contributed by atoms with Crippen molar-refractivity contribution in [3.63, 3.8) is 0 Å². The van der Waals surface area contributed by atoms with Crippen LogP contribution in [0.3, 0.4) is 0 Å². The first-order valence-corrected chi connectivity index (χ1v) is 6.98. The smallest absolute Gasteiger partial charge is 0.223 e. The Morgan fingerprint density at radius 1 is 1.37 bits per heavy atom. The predicted octanol–water partition coefficient (Wildman–Crippen LogP) is 1.45. The highest BCUT2D eigenvalue weighted by Gasteiger charge is 2.26. The molecule has 0 radical (unpaired) electrons. The van der Waals surface area contributed by atoms with Crippen molar-refractivity contribution in [2.24, 2.45) is 5.92 Å². The number of aromatic nitrogens is 2. The molecule has 2 atom stereocenters. The molecule has 2 rings (SSSR count). The van der Waals surface area contributed by atoms with E-state index in [1.165, 1.54) is 0 Å². The number of aliphatic hydroxyl groups is 1. The number of aliphatic hydroxyl groups excluding tert-OH is 1. The predicted molar refractivity (Wildman–Crippen MR) is 77.1 cm³/mol. The van der Waals surface area contributed by atoms with Crippen molar-refractivity contribution >= 4 is 17.6 Å². The molecule has 19 heavy (non-hydrogen) atoms. The summed E-state index contributed by atoms with van der Waals surface area (Å²) in [4.78, 5) is 8.36. The van der Waals surface area contributed by atoms with E-state index in [0.29, 0.717) is 5.92 Å². The minimum Gasteiger partial charge on any atom is -0.396 e. The van der Waals surface area contributed by atoms with Crippen molar-refractivity contribution in [1.82, 2.24) is 9.97 Å². The van der Waals surface area contributed by atoms with E-state index < -0.39 is 0 Å². The van der Waals surface area contributed by atoms with E-state index in [1.54, 1.807) is 0 Å². The molecule has 0 aliphatic heterocycles. The fourth-order valence-electron chi connectivity index (χ4n) is 2.52. The Kier molecular flexibility index (Phi) is 4.79. The summed E-state index contributed by atoms with van der Waals surface area (Å²) in [7, 11) is 0. The van der Waals surface area contributed by atoms with Crippen molar-refractivity contribution in [2.45, 2.75) is 38.6 Å². The van der Waals surface area contributed by atoms with Gasteiger partial charge in [-0.15, -0.1) is 0 Å². The van der Waals surface area contributed by atoms with Gasteiger partial charge in [0.15, 0.2) is 0 Å². The van der Waals surface area contributed by atoms with E-state index >= 15 is 0 Å². The van der Waals surface area contributed by atoms with Crippen LogP contribution in [0.15, 0.2) is 6.07 Å². The van der Waals surface area contributed by atoms with Crippen molar-refractivity contribution < 1.29 is 5.11 Å². The van der Waals surface area contributed by atoms with Gasteiger partial charge in [-0.2, -0.15) is 9.97 Å². The summed E-state index contributed by atoms with van der Waals surface area (Å²) in [6.07, 6.45) is 4.30. The Hall–Kier alpha value is -1.56. The number of nitrogens with one attached hydrogen (secondary N) is 2. The van der Waals surface area contributed by atoms with Gasteiger partial charge in [-0.25, -0.2) is 0 Å². The van der Waals surface area contributed by atoms with Crippen LogP contribution in [0.2, 0.25) is 0 Å². The highest BCUT2D eigenvalue weighted by molar-refractivity contribution is 5.51. The largest absolute Gasteiger partial charge is 0.396 e. The van der Waals surface area contributed by atoms with E-state index in [0.717, 1.165) is 43.9 Å². The molecule has 1 heterocycles. The molecule has 1 saturated carbocycles. The number of hydrogen-bond acceptors (Lipinski definition) is 6. The van der Waals surface area contributed by atoms with E-state index in [1.807, 2.05) is 6.07 Å². The van der Waals surface area contributed by atoms with Gasteiger partial charge in [-0.05, 0) is 19.3 Å². The molecule has 6 nitrogen and oxygen atoms in total. The molecular weight excluding hydrogens is 242 g/mol. The van der Waals surface area contributed by atoms with Crippen LogP contribution in [0.5, 0.6) is 0 Å². The SMILES string of the molecule is CCCNc1cc(NC2CCCC2CO)nc(N)n1. The molecule has 0 aromatic carbocycles. The van der Waals surface area contributed by atoms with Crippen LogP contribution >= 0.6 is 0 Å². The second-order valence-electron chi connectivity index (χ2n) is 5.05. The second-order valence-corrected chi connectivity index (χ2v) is 5.05. The third kappa shape index (κ3) is 3.70. The highest BCUT2D eigenvalue weighted by Crippen LogP contribution is 2.28. The summed E-state index contributed by atoms with van der Waals surface area (Å²) < 4.78 is 0. The van der Waals surface area contributed by atoms with Crippen LogP contribution in [0.4, 0.5) is 17.6 Å². The zero-order valence-electron chi connectivity index (χ0n) is 11.4. The van der Waals surface area contributed by atoms with Gasteiger partial charge in [-0.3, -0.25) is 0 Å². The second kappa shape index (κ2) is 6.56. The summed E-state index contributed by atoms with van der Waals surface area (Å²) in [5.74, 6) is 2.05. The third-order valence-electron chi connectivity index (χ3n) is 3.53. The van der Waals surface area contributed by atoms with Crippen molar-refractivity contribution in [1.29, 1.82) is 0 Å². The Balaban J connectivity index is 2.04. The standard InChI is InChI=1S/C13H23N5O/c1-2-6-15-11-7-12(18-13(14)17-11)16-10-5-3-4-9(10)8-19/h7,9-10,19H,2-6,8H2,1H3,(H4,14,15,16,17,18). The summed E-state index contributed by atoms with van der Waals surface area (Å²) in [5, 5.41) is 15.9. The Morgan fingerprint density at radius 2 is 2.16 bits per heavy atom. The first-order valence-electron chi connectivity index (χ1n) is 6.98. The quantitative estimate of drug-likeness (QED) is 0.622. The molecule has 0 bridgehead atoms. The lowest BCUT2D eigenvalue weighted by molar-refractivity contribution is 0.222. The monoisotopic (exact) mass is 265 g/mol. The first-order chi connectivity index (χ1) is 9.22. The fourth-order valence-corrected chi connectivity index (χ4v) is 2.52. The Labute approximate surface area is 113 Å². The van der Waals surface area contributed by atoms with Crippen LogP contribution in [0.25, 0.3) is 0 Å². The first kappa shape index (κ1) is 13.9. The van der Waals surface area contributed by atoms with Crippen LogP contribution < -0.4 is 16.4 Å². The van der Waals surface area contributed by atoms with Crippen LogP contribution in [0.1, 0.15) is 32.6 Å². The van der Waals surface area contributed by atoms with Gasteiger partial charge in [-0.1, -0.05) is 13.3 Å². The van der Waals surface area contributed by atoms with Crippen molar-refractivity contribution in [2.75, 3.05) is 29.5 Å². The molecule has 0 spiro atoms. The lowest BCUT2D eigenvalue weighted by atomic mass is 10.1. The minimum atomic E-state index is 0.221. The van der Waals surface area contributed by atoms with Crippen molar-refractivity contribution in [3.05, 3.63) is 6.07 Å². The average molecular weight is 265 g/mol. The van der Waals surface area contributed by atoms with E-state index in [2.05, 4.69) is 27.5 Å². The average Bonchev–Trinajstić information content (AvgIpc) is 2.83. The summed E-state index contributed by atoms with van der Waals surface area (Å²) in [6, 6.07) is 2.15. The molecule has 1 fully saturated rings. The normalized spacial score (nSPS) is 22.4. The molecule has 1 aromatic rings. The maximum Gasteiger partial charge on any atom is 0.223 e. The zero-order chi connectivity index (χ0) is 13.7. The lowest BCUT2D eigenvalue weighted by Gasteiger charge is -2.20. The van der Waals surface area contributed by atoms with Gasteiger partial charge >= 0.3 is 0 Å². The van der Waals surface area contributed by atoms with Gasteiger partial charge < -0.3 is 21.5 Å². The van der Waals surface area contributed by atoms with Gasteiger partial charge in [0.25, 0.3) is 0 Å². The van der Waals surface area contributed by atoms with E-state index in [9.17, 15) is 5.11 Å². The number of nitrogens with two attached hydrogens (primary N) is 1. The van der Waals surface area contributed by atoms with Crippen LogP contribution in [-0.2, 0) is 0 Å². The third-order valence-corrected chi connectivity index (χ3v) is 3.53. The van der Waals surface area contributed by atoms with Gasteiger partial charge in [0.2, 0.25) is 5.95 Å². The molecule has 1 aliphatic carbocycles. The van der Waals surface area contributed by atoms with Crippen LogP contribution in [-0.4, -0.2) is 34.3 Å². The lowest BCUT2D eigenvalue weighted by Crippen LogP contribution is -2.27. The summed E-state index contributed by atoms with van der Waals surface area (Å²) >= 11 is 0. The van der Waals surface area contributed by atoms with Crippen LogP contribution in [0, 0.1) is 5.92 Å². The van der Waals surface area contributed by atoms with E-state index in [-0.39, 0.29) is 18.6 Å². The molecule has 0 saturated heterocycles. The maximum atomic E-state index is 9.33. The number of anilines is 3. The Morgan fingerprint density at radius 3 is 2.89 bits per heavy atom. The molecule has 0 amide bonds. The molecule has 106 valence electrons. The zero-order valence-corrected chi connectivity index (χ0v) is 11.4. The van der Waals surface area contributed by atoms with Gasteiger partial charge in [0, 0.05) is 31.2 Å². The number of hydrogen-bond donors (Lipinski definition) is 4. The number of nitrogen functional groups attached to an aromatic ring is 1. The molecular formula is C13H23N5O. The number of rotatable bonds is 6. The molecule has 6 heteroatoms. The van der Waals surface area contributed by atoms with Gasteiger partial charge in [0.1, 0.15) is 11.6 Å². The molecule has 1 aliphatic rings. The fraction of sp³-hybridized carbons (Fsp3) is 0.692. The van der Waals surface area contributed by atoms with Gasteiger partial charge in [0.05, 0.1) is 0 Å². The molecule has 5 N–H and O–H groups in total. The topological polar surface area (TPSA) is 96.1 Å². The minimum absolute atomic E-state index is 0.221. The number of nitrogens with zero attached hydrogens (tertiary/aromatic N) is 2. The van der Waals surface area contributed by atoms with Crippen molar-refractivity contribution in [3.8, 4) is 0 Å². The Bertz CT molecular complexity index is 412. The maximum absolute atomic E-state index is 9.33.